The average molecular weight is 468 g/mol. The lowest BCUT2D eigenvalue weighted by atomic mass is 10.0. The van der Waals surface area contributed by atoms with Crippen LogP contribution in [0.2, 0.25) is 5.02 Å². The summed E-state index contributed by atoms with van der Waals surface area (Å²) in [4.78, 5) is 33.9. The summed E-state index contributed by atoms with van der Waals surface area (Å²) in [6.07, 6.45) is 7.87. The topological polar surface area (TPSA) is 62.3 Å². The predicted molar refractivity (Wildman–Crippen MR) is 127 cm³/mol. The molecule has 2 heterocycles. The lowest BCUT2D eigenvalue weighted by Gasteiger charge is -2.32. The van der Waals surface area contributed by atoms with E-state index in [1.807, 2.05) is 41.8 Å². The van der Waals surface area contributed by atoms with Gasteiger partial charge in [-0.3, -0.25) is 14.6 Å². The predicted octanol–water partition coefficient (Wildman–Crippen LogP) is 5.17. The van der Waals surface area contributed by atoms with Crippen LogP contribution in [0.15, 0.2) is 66.3 Å². The van der Waals surface area contributed by atoms with Gasteiger partial charge in [-0.1, -0.05) is 48.7 Å². The quantitative estimate of drug-likeness (QED) is 0.497. The lowest BCUT2D eigenvalue weighted by molar-refractivity contribution is -0.141. The lowest BCUT2D eigenvalue weighted by Crippen LogP contribution is -2.46. The normalized spacial score (nSPS) is 14.8. The summed E-state index contributed by atoms with van der Waals surface area (Å²) >= 11 is 7.65. The molecule has 0 bridgehead atoms. The number of thiophene rings is 1. The minimum absolute atomic E-state index is 0.0992. The molecule has 1 saturated carbocycles. The second-order valence-electron chi connectivity index (χ2n) is 8.08. The van der Waals surface area contributed by atoms with Gasteiger partial charge in [-0.05, 0) is 53.6 Å². The van der Waals surface area contributed by atoms with E-state index in [4.69, 9.17) is 11.6 Å². The second-order valence-corrected chi connectivity index (χ2v) is 9.55. The van der Waals surface area contributed by atoms with E-state index in [1.54, 1.807) is 40.8 Å². The number of nitrogens with zero attached hydrogens (tertiary/aromatic N) is 2. The molecule has 1 fully saturated rings. The Bertz CT molecular complexity index is 1020. The van der Waals surface area contributed by atoms with E-state index in [2.05, 4.69) is 10.3 Å². The Morgan fingerprint density at radius 3 is 2.56 bits per heavy atom. The minimum atomic E-state index is -0.750. The highest BCUT2D eigenvalue weighted by molar-refractivity contribution is 7.10. The molecule has 0 aliphatic heterocycles. The Kier molecular flexibility index (Phi) is 7.55. The highest BCUT2D eigenvalue weighted by Gasteiger charge is 2.33. The van der Waals surface area contributed by atoms with Crippen LogP contribution in [0.4, 0.5) is 0 Å². The zero-order valence-corrected chi connectivity index (χ0v) is 19.3. The van der Waals surface area contributed by atoms with Crippen molar-refractivity contribution in [2.75, 3.05) is 0 Å². The molecule has 5 nitrogen and oxygen atoms in total. The van der Waals surface area contributed by atoms with Gasteiger partial charge in [0, 0.05) is 34.9 Å². The van der Waals surface area contributed by atoms with E-state index in [9.17, 15) is 9.59 Å². The van der Waals surface area contributed by atoms with E-state index in [0.29, 0.717) is 11.6 Å². The van der Waals surface area contributed by atoms with E-state index in [0.717, 1.165) is 41.7 Å². The Morgan fingerprint density at radius 2 is 1.91 bits per heavy atom. The Hall–Kier alpha value is -2.70. The van der Waals surface area contributed by atoms with Gasteiger partial charge >= 0.3 is 0 Å². The summed E-state index contributed by atoms with van der Waals surface area (Å²) < 4.78 is 0. The van der Waals surface area contributed by atoms with Gasteiger partial charge in [0.1, 0.15) is 6.04 Å². The van der Waals surface area contributed by atoms with Gasteiger partial charge in [-0.2, -0.15) is 0 Å². The molecule has 0 saturated heterocycles. The number of amides is 2. The molecule has 1 atom stereocenters. The Balaban J connectivity index is 1.68. The number of hydrogen-bond acceptors (Lipinski definition) is 4. The molecule has 0 unspecified atom stereocenters. The van der Waals surface area contributed by atoms with Crippen LogP contribution in [-0.2, 0) is 22.6 Å². The Labute approximate surface area is 197 Å². The SMILES string of the molecule is O=C(NC1CCCC1)[C@H](c1ccc(Cl)cc1)N(Cc1cccnc1)C(=O)Cc1cccs1. The van der Waals surface area contributed by atoms with Crippen molar-refractivity contribution >= 4 is 34.8 Å². The molecule has 1 aliphatic rings. The molecule has 7 heteroatoms. The van der Waals surface area contributed by atoms with Gasteiger partial charge in [0.15, 0.2) is 0 Å². The zero-order chi connectivity index (χ0) is 22.3. The molecule has 0 radical (unpaired) electrons. The number of rotatable bonds is 8. The van der Waals surface area contributed by atoms with Crippen LogP contribution in [0.1, 0.15) is 47.7 Å². The van der Waals surface area contributed by atoms with Gasteiger partial charge in [-0.25, -0.2) is 0 Å². The summed E-state index contributed by atoms with van der Waals surface area (Å²) in [6, 6.07) is 14.2. The van der Waals surface area contributed by atoms with Crippen LogP contribution in [0.25, 0.3) is 0 Å². The van der Waals surface area contributed by atoms with Crippen LogP contribution in [0, 0.1) is 0 Å². The maximum Gasteiger partial charge on any atom is 0.247 e. The van der Waals surface area contributed by atoms with Gasteiger partial charge in [0.2, 0.25) is 11.8 Å². The van der Waals surface area contributed by atoms with Crippen LogP contribution in [0.5, 0.6) is 0 Å². The minimum Gasteiger partial charge on any atom is -0.351 e. The summed E-state index contributed by atoms with van der Waals surface area (Å²) in [7, 11) is 0. The molecule has 166 valence electrons. The first kappa shape index (κ1) is 22.5. The van der Waals surface area contributed by atoms with Crippen LogP contribution < -0.4 is 5.32 Å². The van der Waals surface area contributed by atoms with E-state index < -0.39 is 6.04 Å². The van der Waals surface area contributed by atoms with Gasteiger partial charge < -0.3 is 10.2 Å². The number of halogens is 1. The first-order chi connectivity index (χ1) is 15.6. The number of nitrogens with one attached hydrogen (secondary N) is 1. The number of hydrogen-bond donors (Lipinski definition) is 1. The molecular formula is C25H26ClN3O2S. The zero-order valence-electron chi connectivity index (χ0n) is 17.7. The summed E-state index contributed by atoms with van der Waals surface area (Å²) in [5.41, 5.74) is 1.62. The summed E-state index contributed by atoms with van der Waals surface area (Å²) in [5.74, 6) is -0.250. The van der Waals surface area contributed by atoms with Crippen LogP contribution in [-0.4, -0.2) is 27.7 Å². The van der Waals surface area contributed by atoms with Gasteiger partial charge in [0.05, 0.1) is 6.42 Å². The maximum absolute atomic E-state index is 13.6. The van der Waals surface area contributed by atoms with Crippen LogP contribution >= 0.6 is 22.9 Å². The van der Waals surface area contributed by atoms with E-state index >= 15 is 0 Å². The Morgan fingerprint density at radius 1 is 1.12 bits per heavy atom. The van der Waals surface area contributed by atoms with Crippen molar-refractivity contribution in [3.63, 3.8) is 0 Å². The van der Waals surface area contributed by atoms with Crippen molar-refractivity contribution < 1.29 is 9.59 Å². The molecule has 32 heavy (non-hydrogen) atoms. The van der Waals surface area contributed by atoms with Crippen LogP contribution in [0.3, 0.4) is 0 Å². The highest BCUT2D eigenvalue weighted by Crippen LogP contribution is 2.28. The van der Waals surface area contributed by atoms with Crippen molar-refractivity contribution in [3.05, 3.63) is 87.3 Å². The molecule has 3 aromatic rings. The average Bonchev–Trinajstić information content (AvgIpc) is 3.50. The van der Waals surface area contributed by atoms with Crippen molar-refractivity contribution in [1.82, 2.24) is 15.2 Å². The fraction of sp³-hybridized carbons (Fsp3) is 0.320. The van der Waals surface area contributed by atoms with E-state index in [-0.39, 0.29) is 24.3 Å². The molecule has 2 aromatic heterocycles. The van der Waals surface area contributed by atoms with Gasteiger partial charge in [0.25, 0.3) is 0 Å². The molecule has 1 N–H and O–H groups in total. The number of carbonyl (C=O) groups excluding carboxylic acids is 2. The third-order valence-electron chi connectivity index (χ3n) is 5.75. The monoisotopic (exact) mass is 467 g/mol. The van der Waals surface area contributed by atoms with Crippen molar-refractivity contribution in [1.29, 1.82) is 0 Å². The van der Waals surface area contributed by atoms with Crippen molar-refractivity contribution in [2.24, 2.45) is 0 Å². The molecule has 1 aliphatic carbocycles. The number of carbonyl (C=O) groups is 2. The fourth-order valence-corrected chi connectivity index (χ4v) is 4.97. The third-order valence-corrected chi connectivity index (χ3v) is 6.88. The second kappa shape index (κ2) is 10.7. The first-order valence-electron chi connectivity index (χ1n) is 10.9. The maximum atomic E-state index is 13.6. The summed E-state index contributed by atoms with van der Waals surface area (Å²) in [5, 5.41) is 5.74. The highest BCUT2D eigenvalue weighted by atomic mass is 35.5. The number of pyridine rings is 1. The fourth-order valence-electron chi connectivity index (χ4n) is 4.14. The van der Waals surface area contributed by atoms with Crippen molar-refractivity contribution in [2.45, 2.75) is 50.7 Å². The molecule has 4 rings (SSSR count). The number of aromatic nitrogens is 1. The third kappa shape index (κ3) is 5.75. The smallest absolute Gasteiger partial charge is 0.247 e. The van der Waals surface area contributed by atoms with Crippen molar-refractivity contribution in [3.8, 4) is 0 Å². The molecule has 1 aromatic carbocycles. The standard InChI is InChI=1S/C25H26ClN3O2S/c26-20-11-9-19(10-12-20)24(25(31)28-21-6-1-2-7-21)29(17-18-5-3-13-27-16-18)23(30)15-22-8-4-14-32-22/h3-5,8-14,16,21,24H,1-2,6-7,15,17H2,(H,28,31)/t24-/m0/s1. The molecule has 0 spiro atoms. The molecular weight excluding hydrogens is 442 g/mol. The number of benzene rings is 1. The largest absolute Gasteiger partial charge is 0.351 e. The van der Waals surface area contributed by atoms with E-state index in [1.165, 1.54) is 0 Å². The molecule has 2 amide bonds. The van der Waals surface area contributed by atoms with Gasteiger partial charge in [-0.15, -0.1) is 11.3 Å². The first-order valence-corrected chi connectivity index (χ1v) is 12.1. The summed E-state index contributed by atoms with van der Waals surface area (Å²) in [6.45, 7) is 0.295.